The number of carbonyl (C=O) groups is 2. The molecule has 168 valence electrons. The zero-order valence-corrected chi connectivity index (χ0v) is 18.5. The molecule has 0 aliphatic rings. The van der Waals surface area contributed by atoms with Gasteiger partial charge in [0.15, 0.2) is 5.13 Å². The number of benzene rings is 2. The van der Waals surface area contributed by atoms with Gasteiger partial charge in [0.2, 0.25) is 5.91 Å². The van der Waals surface area contributed by atoms with Crippen LogP contribution in [0.15, 0.2) is 60.0 Å². The van der Waals surface area contributed by atoms with Crippen molar-refractivity contribution in [1.82, 2.24) is 10.3 Å². The Balaban J connectivity index is 1.23. The normalized spacial score (nSPS) is 10.7. The van der Waals surface area contributed by atoms with E-state index < -0.39 is 0 Å². The van der Waals surface area contributed by atoms with Crippen LogP contribution in [-0.2, 0) is 22.6 Å². The first-order valence-corrected chi connectivity index (χ1v) is 11.4. The standard InChI is InChI=1S/C24H26FN3O3S/c25-20-12-10-18(11-13-20)15-31-16-22(29)26-14-6-2-5-9-21-17-32-24(27-21)28-23(30)19-7-3-1-4-8-19/h1,3-4,7-8,10-13,17H,2,5-6,9,14-16H2,(H,26,29)(H,27,28,30). The van der Waals surface area contributed by atoms with Gasteiger partial charge in [0.05, 0.1) is 12.3 Å². The Morgan fingerprint density at radius 3 is 2.56 bits per heavy atom. The number of ether oxygens (including phenoxy) is 1. The SMILES string of the molecule is O=C(COCc1ccc(F)cc1)NCCCCCc1csc(NC(=O)c2ccccc2)n1. The second-order valence-electron chi connectivity index (χ2n) is 7.24. The van der Waals surface area contributed by atoms with Gasteiger partial charge in [-0.05, 0) is 49.1 Å². The second kappa shape index (κ2) is 12.7. The molecule has 6 nitrogen and oxygen atoms in total. The van der Waals surface area contributed by atoms with Gasteiger partial charge in [0.25, 0.3) is 5.91 Å². The Bertz CT molecular complexity index is 993. The summed E-state index contributed by atoms with van der Waals surface area (Å²) in [5.74, 6) is -0.620. The number of unbranched alkanes of at least 4 members (excludes halogenated alkanes) is 2. The van der Waals surface area contributed by atoms with E-state index in [9.17, 15) is 14.0 Å². The lowest BCUT2D eigenvalue weighted by Crippen LogP contribution is -2.28. The van der Waals surface area contributed by atoms with E-state index in [-0.39, 0.29) is 30.8 Å². The van der Waals surface area contributed by atoms with Crippen LogP contribution >= 0.6 is 11.3 Å². The van der Waals surface area contributed by atoms with Gasteiger partial charge in [-0.25, -0.2) is 9.37 Å². The van der Waals surface area contributed by atoms with Crippen molar-refractivity contribution in [2.75, 3.05) is 18.5 Å². The fourth-order valence-corrected chi connectivity index (χ4v) is 3.71. The molecule has 0 radical (unpaired) electrons. The molecule has 3 aromatic rings. The van der Waals surface area contributed by atoms with E-state index >= 15 is 0 Å². The molecule has 2 N–H and O–H groups in total. The molecular formula is C24H26FN3O3S. The summed E-state index contributed by atoms with van der Waals surface area (Å²) >= 11 is 1.42. The molecule has 32 heavy (non-hydrogen) atoms. The van der Waals surface area contributed by atoms with Gasteiger partial charge in [0.1, 0.15) is 12.4 Å². The van der Waals surface area contributed by atoms with E-state index in [4.69, 9.17) is 4.74 Å². The molecule has 1 aromatic heterocycles. The molecule has 0 unspecified atom stereocenters. The minimum Gasteiger partial charge on any atom is -0.367 e. The number of hydrogen-bond acceptors (Lipinski definition) is 5. The first kappa shape index (κ1) is 23.6. The zero-order chi connectivity index (χ0) is 22.6. The molecule has 0 bridgehead atoms. The number of halogens is 1. The van der Waals surface area contributed by atoms with Crippen LogP contribution in [0.3, 0.4) is 0 Å². The highest BCUT2D eigenvalue weighted by Crippen LogP contribution is 2.18. The van der Waals surface area contributed by atoms with E-state index in [1.165, 1.54) is 23.5 Å². The molecule has 2 aromatic carbocycles. The lowest BCUT2D eigenvalue weighted by molar-refractivity contribution is -0.126. The van der Waals surface area contributed by atoms with Gasteiger partial charge in [-0.1, -0.05) is 36.8 Å². The third-order valence-electron chi connectivity index (χ3n) is 4.66. The maximum absolute atomic E-state index is 12.8. The molecule has 0 spiro atoms. The summed E-state index contributed by atoms with van der Waals surface area (Å²) in [6.45, 7) is 0.844. The third-order valence-corrected chi connectivity index (χ3v) is 5.46. The van der Waals surface area contributed by atoms with Crippen LogP contribution in [0.1, 0.15) is 40.9 Å². The number of rotatable bonds is 12. The molecule has 0 saturated carbocycles. The van der Waals surface area contributed by atoms with Crippen molar-refractivity contribution in [2.24, 2.45) is 0 Å². The highest BCUT2D eigenvalue weighted by Gasteiger charge is 2.08. The number of carbonyl (C=O) groups excluding carboxylic acids is 2. The summed E-state index contributed by atoms with van der Waals surface area (Å²) in [4.78, 5) is 28.4. The predicted octanol–water partition coefficient (Wildman–Crippen LogP) is 4.58. The molecule has 0 fully saturated rings. The van der Waals surface area contributed by atoms with Crippen LogP contribution in [0, 0.1) is 5.82 Å². The van der Waals surface area contributed by atoms with Crippen LogP contribution in [0.4, 0.5) is 9.52 Å². The van der Waals surface area contributed by atoms with Crippen LogP contribution < -0.4 is 10.6 Å². The Kier molecular flexibility index (Phi) is 9.34. The summed E-state index contributed by atoms with van der Waals surface area (Å²) < 4.78 is 18.2. The number of aryl methyl sites for hydroxylation is 1. The van der Waals surface area contributed by atoms with Gasteiger partial charge >= 0.3 is 0 Å². The molecule has 0 atom stereocenters. The van der Waals surface area contributed by atoms with Crippen molar-refractivity contribution in [2.45, 2.75) is 32.3 Å². The Morgan fingerprint density at radius 2 is 1.78 bits per heavy atom. The number of nitrogens with one attached hydrogen (secondary N) is 2. The molecular weight excluding hydrogens is 429 g/mol. The van der Waals surface area contributed by atoms with Gasteiger partial charge < -0.3 is 10.1 Å². The molecule has 2 amide bonds. The van der Waals surface area contributed by atoms with Crippen molar-refractivity contribution in [3.63, 3.8) is 0 Å². The first-order valence-electron chi connectivity index (χ1n) is 10.5. The maximum Gasteiger partial charge on any atom is 0.257 e. The number of amides is 2. The van der Waals surface area contributed by atoms with Crippen molar-refractivity contribution in [1.29, 1.82) is 0 Å². The summed E-state index contributed by atoms with van der Waals surface area (Å²) in [7, 11) is 0. The Morgan fingerprint density at radius 1 is 1.00 bits per heavy atom. The fourth-order valence-electron chi connectivity index (χ4n) is 2.97. The molecule has 0 aliphatic carbocycles. The number of aromatic nitrogens is 1. The Labute approximate surface area is 190 Å². The van der Waals surface area contributed by atoms with E-state index in [0.717, 1.165) is 36.9 Å². The van der Waals surface area contributed by atoms with Crippen molar-refractivity contribution in [3.05, 3.63) is 82.6 Å². The summed E-state index contributed by atoms with van der Waals surface area (Å²) in [6, 6.07) is 15.1. The number of hydrogen-bond donors (Lipinski definition) is 2. The van der Waals surface area contributed by atoms with Crippen LogP contribution in [-0.4, -0.2) is 29.9 Å². The van der Waals surface area contributed by atoms with Gasteiger partial charge in [-0.2, -0.15) is 0 Å². The summed E-state index contributed by atoms with van der Waals surface area (Å²) in [5, 5.41) is 8.21. The predicted molar refractivity (Wildman–Crippen MR) is 123 cm³/mol. The van der Waals surface area contributed by atoms with Crippen LogP contribution in [0.25, 0.3) is 0 Å². The summed E-state index contributed by atoms with van der Waals surface area (Å²) in [6.07, 6.45) is 3.60. The van der Waals surface area contributed by atoms with Gasteiger partial charge in [-0.15, -0.1) is 11.3 Å². The van der Waals surface area contributed by atoms with Crippen LogP contribution in [0.2, 0.25) is 0 Å². The highest BCUT2D eigenvalue weighted by molar-refractivity contribution is 7.14. The quantitative estimate of drug-likeness (QED) is 0.392. The number of thiazole rings is 1. The van der Waals surface area contributed by atoms with Crippen molar-refractivity contribution >= 4 is 28.3 Å². The smallest absolute Gasteiger partial charge is 0.257 e. The van der Waals surface area contributed by atoms with Gasteiger partial charge in [0, 0.05) is 17.5 Å². The lowest BCUT2D eigenvalue weighted by Gasteiger charge is -2.06. The van der Waals surface area contributed by atoms with Crippen LogP contribution in [0.5, 0.6) is 0 Å². The molecule has 0 saturated heterocycles. The van der Waals surface area contributed by atoms with E-state index in [1.54, 1.807) is 24.3 Å². The second-order valence-corrected chi connectivity index (χ2v) is 8.10. The van der Waals surface area contributed by atoms with E-state index in [2.05, 4.69) is 15.6 Å². The highest BCUT2D eigenvalue weighted by atomic mass is 32.1. The monoisotopic (exact) mass is 455 g/mol. The fraction of sp³-hybridized carbons (Fsp3) is 0.292. The molecule has 0 aliphatic heterocycles. The lowest BCUT2D eigenvalue weighted by atomic mass is 10.1. The molecule has 3 rings (SSSR count). The molecule has 1 heterocycles. The Hall–Kier alpha value is -3.10. The minimum absolute atomic E-state index is 0.0202. The topological polar surface area (TPSA) is 80.3 Å². The third kappa shape index (κ3) is 8.20. The van der Waals surface area contributed by atoms with E-state index in [0.29, 0.717) is 17.2 Å². The number of nitrogens with zero attached hydrogens (tertiary/aromatic N) is 1. The molecule has 8 heteroatoms. The average Bonchev–Trinajstić information content (AvgIpc) is 3.25. The maximum atomic E-state index is 12.8. The largest absolute Gasteiger partial charge is 0.367 e. The first-order chi connectivity index (χ1) is 15.6. The van der Waals surface area contributed by atoms with Gasteiger partial charge in [-0.3, -0.25) is 14.9 Å². The van der Waals surface area contributed by atoms with Crippen molar-refractivity contribution in [3.8, 4) is 0 Å². The average molecular weight is 456 g/mol. The zero-order valence-electron chi connectivity index (χ0n) is 17.7. The van der Waals surface area contributed by atoms with Crippen molar-refractivity contribution < 1.29 is 18.7 Å². The number of anilines is 1. The minimum atomic E-state index is -0.295. The summed E-state index contributed by atoms with van der Waals surface area (Å²) in [5.41, 5.74) is 2.38. The van der Waals surface area contributed by atoms with E-state index in [1.807, 2.05) is 23.6 Å².